The highest BCUT2D eigenvalue weighted by atomic mass is 16.7. The summed E-state index contributed by atoms with van der Waals surface area (Å²) in [4.78, 5) is 23.9. The number of amides is 1. The molecule has 3 N–H and O–H groups in total. The molecule has 2 aromatic rings. The number of carboxylic acids is 1. The lowest BCUT2D eigenvalue weighted by atomic mass is 10.0. The minimum absolute atomic E-state index is 0.0252. The fourth-order valence-electron chi connectivity index (χ4n) is 3.16. The average Bonchev–Trinajstić information content (AvgIpc) is 3.27. The van der Waals surface area contributed by atoms with E-state index in [9.17, 15) is 9.59 Å². The summed E-state index contributed by atoms with van der Waals surface area (Å²) >= 11 is 0. The first-order valence-corrected chi connectivity index (χ1v) is 10.2. The molecule has 0 bridgehead atoms. The van der Waals surface area contributed by atoms with Gasteiger partial charge in [0.25, 0.3) is 0 Å². The highest BCUT2D eigenvalue weighted by molar-refractivity contribution is 5.85. The summed E-state index contributed by atoms with van der Waals surface area (Å²) in [7, 11) is 0. The Morgan fingerprint density at radius 2 is 1.97 bits per heavy atom. The number of benzene rings is 2. The number of nitrogens with one attached hydrogen (secondary N) is 1. The second-order valence-corrected chi connectivity index (χ2v) is 6.75. The molecule has 33 heavy (non-hydrogen) atoms. The number of para-hydroxylation sites is 1. The average molecular weight is 459 g/mol. The Morgan fingerprint density at radius 1 is 1.18 bits per heavy atom. The lowest BCUT2D eigenvalue weighted by Gasteiger charge is -2.26. The molecular formula is C23H25NO9. The van der Waals surface area contributed by atoms with Gasteiger partial charge in [0.1, 0.15) is 18.5 Å². The van der Waals surface area contributed by atoms with Crippen molar-refractivity contribution >= 4 is 17.7 Å². The van der Waals surface area contributed by atoms with Gasteiger partial charge in [-0.2, -0.15) is 0 Å². The zero-order valence-corrected chi connectivity index (χ0v) is 17.9. The van der Waals surface area contributed by atoms with Crippen molar-refractivity contribution < 1.29 is 43.5 Å². The summed E-state index contributed by atoms with van der Waals surface area (Å²) in [6.07, 6.45) is -0.558. The number of hydrogen-bond acceptors (Lipinski definition) is 8. The van der Waals surface area contributed by atoms with Gasteiger partial charge in [-0.15, -0.1) is 0 Å². The van der Waals surface area contributed by atoms with Crippen LogP contribution in [0.3, 0.4) is 0 Å². The second-order valence-electron chi connectivity index (χ2n) is 6.75. The van der Waals surface area contributed by atoms with E-state index in [1.54, 1.807) is 49.4 Å². The number of rotatable bonds is 11. The van der Waals surface area contributed by atoms with Crippen LogP contribution >= 0.6 is 0 Å². The van der Waals surface area contributed by atoms with Crippen LogP contribution in [-0.2, 0) is 14.3 Å². The van der Waals surface area contributed by atoms with Crippen molar-refractivity contribution in [1.82, 2.24) is 0 Å². The number of carbonyl (C=O) groups excluding carboxylic acids is 1. The lowest BCUT2D eigenvalue weighted by Crippen LogP contribution is -2.28. The fraction of sp³-hybridized carbons (Fsp3) is 0.304. The van der Waals surface area contributed by atoms with Crippen LogP contribution in [0.2, 0.25) is 0 Å². The van der Waals surface area contributed by atoms with Crippen molar-refractivity contribution in [2.24, 2.45) is 0 Å². The van der Waals surface area contributed by atoms with Gasteiger partial charge in [-0.1, -0.05) is 18.2 Å². The fourth-order valence-corrected chi connectivity index (χ4v) is 3.16. The quantitative estimate of drug-likeness (QED) is 0.434. The maximum atomic E-state index is 12.8. The van der Waals surface area contributed by atoms with Crippen LogP contribution in [0.1, 0.15) is 18.6 Å². The van der Waals surface area contributed by atoms with Gasteiger partial charge in [0.2, 0.25) is 6.79 Å². The number of hydrogen-bond donors (Lipinski definition) is 3. The lowest BCUT2D eigenvalue weighted by molar-refractivity contribution is -0.131. The molecule has 0 aromatic heterocycles. The molecule has 0 spiro atoms. The minimum atomic E-state index is -1.17. The molecule has 3 rings (SSSR count). The standard InChI is InChI=1S/C23H25NO9/c1-2-29-19(9-10-21(26)27)22(16-5-3-4-6-17(16)30-12-11-25)33-23(28)24-15-7-8-18-20(13-15)32-14-31-18/h3-10,13,19,22,25H,2,11-12,14H2,1H3,(H,24,28)(H,26,27)/b10-9+/t19-,22-/m0/s1. The molecule has 10 heteroatoms. The number of anilines is 1. The third-order valence-electron chi connectivity index (χ3n) is 4.51. The third-order valence-corrected chi connectivity index (χ3v) is 4.51. The van der Waals surface area contributed by atoms with E-state index in [0.29, 0.717) is 28.5 Å². The van der Waals surface area contributed by atoms with E-state index in [0.717, 1.165) is 6.08 Å². The van der Waals surface area contributed by atoms with E-state index < -0.39 is 24.3 Å². The Kier molecular flexibility index (Phi) is 8.50. The van der Waals surface area contributed by atoms with Crippen LogP contribution in [0.25, 0.3) is 0 Å². The number of aliphatic carboxylic acids is 1. The first-order chi connectivity index (χ1) is 16.0. The third kappa shape index (κ3) is 6.61. The van der Waals surface area contributed by atoms with E-state index in [4.69, 9.17) is 33.9 Å². The highest BCUT2D eigenvalue weighted by Gasteiger charge is 2.29. The molecule has 0 unspecified atom stereocenters. The molecule has 0 fully saturated rings. The summed E-state index contributed by atoms with van der Waals surface area (Å²) in [5.74, 6) is 0.245. The summed E-state index contributed by atoms with van der Waals surface area (Å²) in [5.41, 5.74) is 0.863. The number of fused-ring (bicyclic) bond motifs is 1. The summed E-state index contributed by atoms with van der Waals surface area (Å²) in [6.45, 7) is 1.88. The van der Waals surface area contributed by atoms with Crippen LogP contribution < -0.4 is 19.5 Å². The Bertz CT molecular complexity index is 992. The summed E-state index contributed by atoms with van der Waals surface area (Å²) < 4.78 is 27.5. The second kappa shape index (κ2) is 11.7. The van der Waals surface area contributed by atoms with E-state index in [-0.39, 0.29) is 26.6 Å². The molecular weight excluding hydrogens is 434 g/mol. The van der Waals surface area contributed by atoms with Crippen LogP contribution in [0.4, 0.5) is 10.5 Å². The molecule has 1 amide bonds. The zero-order chi connectivity index (χ0) is 23.6. The van der Waals surface area contributed by atoms with E-state index in [1.807, 2.05) is 0 Å². The Labute approximate surface area is 190 Å². The number of aliphatic hydroxyl groups excluding tert-OH is 1. The maximum absolute atomic E-state index is 12.8. The van der Waals surface area contributed by atoms with Crippen molar-refractivity contribution in [2.45, 2.75) is 19.1 Å². The smallest absolute Gasteiger partial charge is 0.412 e. The van der Waals surface area contributed by atoms with Gasteiger partial charge in [-0.3, -0.25) is 5.32 Å². The van der Waals surface area contributed by atoms with Gasteiger partial charge >= 0.3 is 12.1 Å². The molecule has 0 saturated carbocycles. The molecule has 1 aliphatic rings. The minimum Gasteiger partial charge on any atom is -0.491 e. The molecule has 0 saturated heterocycles. The van der Waals surface area contributed by atoms with Gasteiger partial charge in [0.05, 0.1) is 6.61 Å². The van der Waals surface area contributed by atoms with E-state index >= 15 is 0 Å². The van der Waals surface area contributed by atoms with Gasteiger partial charge in [-0.05, 0) is 31.2 Å². The number of carboxylic acid groups (broad SMARTS) is 1. The largest absolute Gasteiger partial charge is 0.491 e. The van der Waals surface area contributed by atoms with Gasteiger partial charge in [-0.25, -0.2) is 9.59 Å². The van der Waals surface area contributed by atoms with Crippen LogP contribution in [0, 0.1) is 0 Å². The summed E-state index contributed by atoms with van der Waals surface area (Å²) in [6, 6.07) is 11.7. The molecule has 0 radical (unpaired) electrons. The molecule has 2 atom stereocenters. The van der Waals surface area contributed by atoms with Crippen molar-refractivity contribution in [1.29, 1.82) is 0 Å². The van der Waals surface area contributed by atoms with Crippen molar-refractivity contribution in [3.63, 3.8) is 0 Å². The molecule has 1 aliphatic heterocycles. The monoisotopic (exact) mass is 459 g/mol. The van der Waals surface area contributed by atoms with Crippen molar-refractivity contribution in [2.75, 3.05) is 31.9 Å². The first-order valence-electron chi connectivity index (χ1n) is 10.2. The normalized spacial score (nSPS) is 14.0. The predicted molar refractivity (Wildman–Crippen MR) is 117 cm³/mol. The van der Waals surface area contributed by atoms with Crippen molar-refractivity contribution in [3.05, 3.63) is 60.2 Å². The Hall–Kier alpha value is -3.76. The Morgan fingerprint density at radius 3 is 2.73 bits per heavy atom. The SMILES string of the molecule is CCO[C@@H](/C=C/C(=O)O)[C@@H](OC(=O)Nc1ccc2c(c1)OCO2)c1ccccc1OCCO. The highest BCUT2D eigenvalue weighted by Crippen LogP contribution is 2.35. The summed E-state index contributed by atoms with van der Waals surface area (Å²) in [5, 5.41) is 20.8. The molecule has 2 aromatic carbocycles. The van der Waals surface area contributed by atoms with Crippen molar-refractivity contribution in [3.8, 4) is 17.2 Å². The van der Waals surface area contributed by atoms with E-state index in [2.05, 4.69) is 5.32 Å². The first kappa shape index (κ1) is 23.9. The topological polar surface area (TPSA) is 133 Å². The molecule has 0 aliphatic carbocycles. The van der Waals surface area contributed by atoms with Gasteiger partial charge in [0.15, 0.2) is 17.6 Å². The Balaban J connectivity index is 1.87. The van der Waals surface area contributed by atoms with Gasteiger partial charge < -0.3 is 33.9 Å². The number of carbonyl (C=O) groups is 2. The van der Waals surface area contributed by atoms with Crippen LogP contribution in [-0.4, -0.2) is 55.0 Å². The maximum Gasteiger partial charge on any atom is 0.412 e. The molecule has 1 heterocycles. The van der Waals surface area contributed by atoms with Crippen LogP contribution in [0.15, 0.2) is 54.6 Å². The molecule has 10 nitrogen and oxygen atoms in total. The molecule has 176 valence electrons. The predicted octanol–water partition coefficient (Wildman–Crippen LogP) is 3.12. The van der Waals surface area contributed by atoms with Crippen LogP contribution in [0.5, 0.6) is 17.2 Å². The number of ether oxygens (including phenoxy) is 5. The van der Waals surface area contributed by atoms with E-state index in [1.165, 1.54) is 6.08 Å². The number of aliphatic hydroxyl groups is 1. The zero-order valence-electron chi connectivity index (χ0n) is 17.9. The van der Waals surface area contributed by atoms with Gasteiger partial charge in [0, 0.05) is 30.0 Å².